The predicted octanol–water partition coefficient (Wildman–Crippen LogP) is 2.55. The molecule has 0 radical (unpaired) electrons. The second-order valence-electron chi connectivity index (χ2n) is 4.46. The monoisotopic (exact) mass is 221 g/mol. The number of aliphatic hydroxyl groups is 1. The fourth-order valence-corrected chi connectivity index (χ4v) is 1.69. The van der Waals surface area contributed by atoms with Crippen molar-refractivity contribution in [2.24, 2.45) is 0 Å². The zero-order valence-electron chi connectivity index (χ0n) is 10.6. The quantitative estimate of drug-likeness (QED) is 0.724. The SMILES string of the molecule is CCC(O)CCNCc1cc(C)ccc1C. The molecule has 0 fully saturated rings. The van der Waals surface area contributed by atoms with Crippen molar-refractivity contribution in [3.63, 3.8) is 0 Å². The lowest BCUT2D eigenvalue weighted by Gasteiger charge is -2.10. The molecule has 1 rings (SSSR count). The minimum atomic E-state index is -0.161. The Morgan fingerprint density at radius 3 is 2.75 bits per heavy atom. The Morgan fingerprint density at radius 1 is 1.31 bits per heavy atom. The van der Waals surface area contributed by atoms with Crippen LogP contribution in [0.5, 0.6) is 0 Å². The number of nitrogens with one attached hydrogen (secondary N) is 1. The molecule has 0 aliphatic rings. The van der Waals surface area contributed by atoms with E-state index in [1.807, 2.05) is 6.92 Å². The highest BCUT2D eigenvalue weighted by Crippen LogP contribution is 2.10. The van der Waals surface area contributed by atoms with Gasteiger partial charge in [0.15, 0.2) is 0 Å². The summed E-state index contributed by atoms with van der Waals surface area (Å²) in [5.41, 5.74) is 3.98. The van der Waals surface area contributed by atoms with Crippen LogP contribution in [0.2, 0.25) is 0 Å². The third kappa shape index (κ3) is 4.33. The summed E-state index contributed by atoms with van der Waals surface area (Å²) in [5.74, 6) is 0. The maximum Gasteiger partial charge on any atom is 0.0549 e. The van der Waals surface area contributed by atoms with E-state index in [0.717, 1.165) is 25.9 Å². The summed E-state index contributed by atoms with van der Waals surface area (Å²) >= 11 is 0. The minimum Gasteiger partial charge on any atom is -0.393 e. The molecule has 2 nitrogen and oxygen atoms in total. The van der Waals surface area contributed by atoms with Gasteiger partial charge in [-0.1, -0.05) is 30.7 Å². The highest BCUT2D eigenvalue weighted by atomic mass is 16.3. The summed E-state index contributed by atoms with van der Waals surface area (Å²) in [5, 5.41) is 12.8. The molecule has 0 saturated carbocycles. The van der Waals surface area contributed by atoms with Crippen LogP contribution >= 0.6 is 0 Å². The Balaban J connectivity index is 2.34. The number of hydrogen-bond donors (Lipinski definition) is 2. The zero-order valence-corrected chi connectivity index (χ0v) is 10.6. The highest BCUT2D eigenvalue weighted by Gasteiger charge is 2.01. The maximum absolute atomic E-state index is 9.41. The normalized spacial score (nSPS) is 12.8. The molecular formula is C14H23NO. The molecular weight excluding hydrogens is 198 g/mol. The van der Waals surface area contributed by atoms with E-state index < -0.39 is 0 Å². The number of aliphatic hydroxyl groups excluding tert-OH is 1. The summed E-state index contributed by atoms with van der Waals surface area (Å²) in [6.45, 7) is 8.03. The zero-order chi connectivity index (χ0) is 12.0. The van der Waals surface area contributed by atoms with Gasteiger partial charge >= 0.3 is 0 Å². The van der Waals surface area contributed by atoms with Gasteiger partial charge < -0.3 is 10.4 Å². The molecule has 0 aliphatic heterocycles. The molecule has 0 amide bonds. The second-order valence-corrected chi connectivity index (χ2v) is 4.46. The second kappa shape index (κ2) is 6.66. The molecule has 0 heterocycles. The molecule has 1 aromatic carbocycles. The average Bonchev–Trinajstić information content (AvgIpc) is 2.28. The highest BCUT2D eigenvalue weighted by molar-refractivity contribution is 5.30. The molecule has 16 heavy (non-hydrogen) atoms. The molecule has 90 valence electrons. The Labute approximate surface area is 98.7 Å². The Kier molecular flexibility index (Phi) is 5.50. The smallest absolute Gasteiger partial charge is 0.0549 e. The molecule has 0 aromatic heterocycles. The van der Waals surface area contributed by atoms with Crippen LogP contribution in [0, 0.1) is 13.8 Å². The standard InChI is InChI=1S/C14H23NO/c1-4-14(16)7-8-15-10-13-9-11(2)5-6-12(13)3/h5-6,9,14-16H,4,7-8,10H2,1-3H3. The summed E-state index contributed by atoms with van der Waals surface area (Å²) in [7, 11) is 0. The molecule has 1 atom stereocenters. The van der Waals surface area contributed by atoms with Gasteiger partial charge in [-0.25, -0.2) is 0 Å². The van der Waals surface area contributed by atoms with Gasteiger partial charge in [-0.2, -0.15) is 0 Å². The first-order valence-electron chi connectivity index (χ1n) is 6.08. The molecule has 1 aromatic rings. The van der Waals surface area contributed by atoms with E-state index >= 15 is 0 Å². The van der Waals surface area contributed by atoms with Crippen LogP contribution in [0.15, 0.2) is 18.2 Å². The summed E-state index contributed by atoms with van der Waals surface area (Å²) < 4.78 is 0. The van der Waals surface area contributed by atoms with Crippen molar-refractivity contribution in [2.75, 3.05) is 6.54 Å². The molecule has 2 heteroatoms. The van der Waals surface area contributed by atoms with E-state index in [9.17, 15) is 5.11 Å². The summed E-state index contributed by atoms with van der Waals surface area (Å²) in [6, 6.07) is 6.52. The van der Waals surface area contributed by atoms with Gasteiger partial charge in [0.1, 0.15) is 0 Å². The Morgan fingerprint density at radius 2 is 2.06 bits per heavy atom. The lowest BCUT2D eigenvalue weighted by atomic mass is 10.1. The lowest BCUT2D eigenvalue weighted by molar-refractivity contribution is 0.159. The van der Waals surface area contributed by atoms with Crippen LogP contribution in [0.1, 0.15) is 36.5 Å². The van der Waals surface area contributed by atoms with E-state index in [2.05, 4.69) is 37.4 Å². The van der Waals surface area contributed by atoms with Crippen LogP contribution < -0.4 is 5.32 Å². The van der Waals surface area contributed by atoms with Crippen LogP contribution in [0.4, 0.5) is 0 Å². The van der Waals surface area contributed by atoms with Gasteiger partial charge in [0.2, 0.25) is 0 Å². The minimum absolute atomic E-state index is 0.161. The van der Waals surface area contributed by atoms with E-state index in [0.29, 0.717) is 0 Å². The molecule has 2 N–H and O–H groups in total. The lowest BCUT2D eigenvalue weighted by Crippen LogP contribution is -2.20. The first-order chi connectivity index (χ1) is 7.63. The van der Waals surface area contributed by atoms with Crippen LogP contribution in [-0.4, -0.2) is 17.8 Å². The fraction of sp³-hybridized carbons (Fsp3) is 0.571. The molecule has 1 unspecified atom stereocenters. The first-order valence-corrected chi connectivity index (χ1v) is 6.08. The van der Waals surface area contributed by atoms with E-state index in [1.54, 1.807) is 0 Å². The summed E-state index contributed by atoms with van der Waals surface area (Å²) in [6.07, 6.45) is 1.51. The van der Waals surface area contributed by atoms with Crippen LogP contribution in [0.25, 0.3) is 0 Å². The Hall–Kier alpha value is -0.860. The van der Waals surface area contributed by atoms with Crippen molar-refractivity contribution in [1.29, 1.82) is 0 Å². The van der Waals surface area contributed by atoms with Gasteiger partial charge in [-0.05, 0) is 44.4 Å². The average molecular weight is 221 g/mol. The summed E-state index contributed by atoms with van der Waals surface area (Å²) in [4.78, 5) is 0. The van der Waals surface area contributed by atoms with Crippen molar-refractivity contribution in [3.8, 4) is 0 Å². The topological polar surface area (TPSA) is 32.3 Å². The van der Waals surface area contributed by atoms with Gasteiger partial charge in [-0.3, -0.25) is 0 Å². The van der Waals surface area contributed by atoms with Crippen molar-refractivity contribution in [3.05, 3.63) is 34.9 Å². The van der Waals surface area contributed by atoms with Crippen molar-refractivity contribution < 1.29 is 5.11 Å². The van der Waals surface area contributed by atoms with E-state index in [-0.39, 0.29) is 6.10 Å². The molecule has 0 saturated heterocycles. The van der Waals surface area contributed by atoms with Crippen molar-refractivity contribution >= 4 is 0 Å². The van der Waals surface area contributed by atoms with Crippen LogP contribution in [-0.2, 0) is 6.54 Å². The molecule has 0 aliphatic carbocycles. The third-order valence-electron chi connectivity index (χ3n) is 2.95. The number of hydrogen-bond acceptors (Lipinski definition) is 2. The number of rotatable bonds is 6. The molecule has 0 bridgehead atoms. The fourth-order valence-electron chi connectivity index (χ4n) is 1.69. The predicted molar refractivity (Wildman–Crippen MR) is 68.5 cm³/mol. The maximum atomic E-state index is 9.41. The van der Waals surface area contributed by atoms with Gasteiger partial charge in [-0.15, -0.1) is 0 Å². The van der Waals surface area contributed by atoms with Crippen molar-refractivity contribution in [1.82, 2.24) is 5.32 Å². The largest absolute Gasteiger partial charge is 0.393 e. The number of benzene rings is 1. The van der Waals surface area contributed by atoms with Gasteiger partial charge in [0.25, 0.3) is 0 Å². The van der Waals surface area contributed by atoms with Crippen LogP contribution in [0.3, 0.4) is 0 Å². The van der Waals surface area contributed by atoms with Crippen molar-refractivity contribution in [2.45, 2.75) is 46.3 Å². The third-order valence-corrected chi connectivity index (χ3v) is 2.95. The van der Waals surface area contributed by atoms with Gasteiger partial charge in [0.05, 0.1) is 6.10 Å². The molecule has 0 spiro atoms. The van der Waals surface area contributed by atoms with E-state index in [4.69, 9.17) is 0 Å². The first kappa shape index (κ1) is 13.2. The number of aryl methyl sites for hydroxylation is 2. The van der Waals surface area contributed by atoms with Gasteiger partial charge in [0, 0.05) is 6.54 Å². The Bertz CT molecular complexity index is 323. The van der Waals surface area contributed by atoms with E-state index in [1.165, 1.54) is 16.7 Å².